The molecule has 2 aliphatic rings. The maximum Gasteiger partial charge on any atom is 0.318 e. The molecule has 2 fully saturated rings. The van der Waals surface area contributed by atoms with Crippen LogP contribution in [0.4, 0.5) is 4.79 Å². The molecule has 1 saturated carbocycles. The van der Waals surface area contributed by atoms with Gasteiger partial charge in [0, 0.05) is 32.2 Å². The number of nitrogens with zero attached hydrogens (tertiary/aromatic N) is 2. The number of ether oxygens (including phenoxy) is 1. The number of carbonyl (C=O) groups is 1. The molecule has 1 N–H and O–H groups in total. The standard InChI is InChI=1S/C22H27N3O2/c1-27-20-11-7-17(8-12-20)15-23-22(26)25-14-13-24(19-9-10-19)16-21(25)18-5-3-2-4-6-18/h2-8,11-12,19,21H,9-10,13-16H2,1H3,(H,23,26). The average molecular weight is 365 g/mol. The molecule has 1 heterocycles. The van der Waals surface area contributed by atoms with Crippen molar-refractivity contribution in [3.63, 3.8) is 0 Å². The van der Waals surface area contributed by atoms with Crippen molar-refractivity contribution in [1.82, 2.24) is 15.1 Å². The Balaban J connectivity index is 1.43. The van der Waals surface area contributed by atoms with Gasteiger partial charge in [0.05, 0.1) is 13.2 Å². The van der Waals surface area contributed by atoms with Gasteiger partial charge < -0.3 is 15.0 Å². The smallest absolute Gasteiger partial charge is 0.318 e. The Kier molecular flexibility index (Phi) is 5.30. The highest BCUT2D eigenvalue weighted by molar-refractivity contribution is 5.75. The molecule has 2 aromatic rings. The van der Waals surface area contributed by atoms with Crippen LogP contribution in [-0.4, -0.2) is 48.6 Å². The fraction of sp³-hybridized carbons (Fsp3) is 0.409. The fourth-order valence-electron chi connectivity index (χ4n) is 3.80. The summed E-state index contributed by atoms with van der Waals surface area (Å²) in [5.74, 6) is 0.824. The van der Waals surface area contributed by atoms with Crippen molar-refractivity contribution >= 4 is 6.03 Å². The average Bonchev–Trinajstić information content (AvgIpc) is 3.58. The molecule has 0 bridgehead atoms. The summed E-state index contributed by atoms with van der Waals surface area (Å²) in [7, 11) is 1.65. The first-order valence-corrected chi connectivity index (χ1v) is 9.71. The Labute approximate surface area is 160 Å². The summed E-state index contributed by atoms with van der Waals surface area (Å²) < 4.78 is 5.19. The van der Waals surface area contributed by atoms with Crippen molar-refractivity contribution in [2.75, 3.05) is 26.7 Å². The van der Waals surface area contributed by atoms with Crippen LogP contribution in [0, 0.1) is 0 Å². The quantitative estimate of drug-likeness (QED) is 0.883. The van der Waals surface area contributed by atoms with Crippen LogP contribution < -0.4 is 10.1 Å². The monoisotopic (exact) mass is 365 g/mol. The number of carbonyl (C=O) groups excluding carboxylic acids is 1. The third-order valence-corrected chi connectivity index (χ3v) is 5.52. The zero-order valence-electron chi connectivity index (χ0n) is 15.8. The second-order valence-corrected chi connectivity index (χ2v) is 7.35. The Bertz CT molecular complexity index is 759. The van der Waals surface area contributed by atoms with Gasteiger partial charge in [0.25, 0.3) is 0 Å². The number of hydrogen-bond acceptors (Lipinski definition) is 3. The number of amides is 2. The van der Waals surface area contributed by atoms with Crippen LogP contribution in [-0.2, 0) is 6.54 Å². The summed E-state index contributed by atoms with van der Waals surface area (Å²) in [4.78, 5) is 17.5. The number of piperazine rings is 1. The lowest BCUT2D eigenvalue weighted by Gasteiger charge is -2.41. The molecule has 1 unspecified atom stereocenters. The summed E-state index contributed by atoms with van der Waals surface area (Å²) in [6, 6.07) is 19.0. The highest BCUT2D eigenvalue weighted by atomic mass is 16.5. The van der Waals surface area contributed by atoms with Gasteiger partial charge in [0.2, 0.25) is 0 Å². The molecule has 5 heteroatoms. The van der Waals surface area contributed by atoms with E-state index in [-0.39, 0.29) is 12.1 Å². The van der Waals surface area contributed by atoms with E-state index in [9.17, 15) is 4.79 Å². The largest absolute Gasteiger partial charge is 0.497 e. The van der Waals surface area contributed by atoms with Crippen LogP contribution in [0.2, 0.25) is 0 Å². The highest BCUT2D eigenvalue weighted by Crippen LogP contribution is 2.33. The lowest BCUT2D eigenvalue weighted by molar-refractivity contribution is 0.0890. The van der Waals surface area contributed by atoms with Gasteiger partial charge in [-0.25, -0.2) is 4.79 Å². The van der Waals surface area contributed by atoms with Crippen LogP contribution in [0.5, 0.6) is 5.75 Å². The summed E-state index contributed by atoms with van der Waals surface area (Å²) >= 11 is 0. The summed E-state index contributed by atoms with van der Waals surface area (Å²) in [5.41, 5.74) is 2.28. The van der Waals surface area contributed by atoms with Crippen molar-refractivity contribution in [2.24, 2.45) is 0 Å². The van der Waals surface area contributed by atoms with Crippen molar-refractivity contribution in [3.05, 3.63) is 65.7 Å². The predicted octanol–water partition coefficient (Wildman–Crippen LogP) is 3.43. The van der Waals surface area contributed by atoms with E-state index in [2.05, 4.69) is 34.5 Å². The van der Waals surface area contributed by atoms with Gasteiger partial charge in [-0.05, 0) is 36.1 Å². The molecule has 0 radical (unpaired) electrons. The Morgan fingerprint density at radius 2 is 1.81 bits per heavy atom. The maximum absolute atomic E-state index is 12.9. The second kappa shape index (κ2) is 8.01. The van der Waals surface area contributed by atoms with E-state index in [0.29, 0.717) is 6.54 Å². The Morgan fingerprint density at radius 1 is 1.07 bits per heavy atom. The summed E-state index contributed by atoms with van der Waals surface area (Å²) in [6.07, 6.45) is 2.59. The van der Waals surface area contributed by atoms with Crippen LogP contribution in [0.3, 0.4) is 0 Å². The first-order chi connectivity index (χ1) is 13.2. The van der Waals surface area contributed by atoms with Crippen LogP contribution in [0.1, 0.15) is 30.0 Å². The van der Waals surface area contributed by atoms with Crippen molar-refractivity contribution in [2.45, 2.75) is 31.5 Å². The van der Waals surface area contributed by atoms with Gasteiger partial charge in [0.1, 0.15) is 5.75 Å². The van der Waals surface area contributed by atoms with Crippen LogP contribution in [0.25, 0.3) is 0 Å². The van der Waals surface area contributed by atoms with Gasteiger partial charge in [-0.15, -0.1) is 0 Å². The van der Waals surface area contributed by atoms with Crippen LogP contribution >= 0.6 is 0 Å². The van der Waals surface area contributed by atoms with Crippen LogP contribution in [0.15, 0.2) is 54.6 Å². The molecule has 0 spiro atoms. The normalized spacial score (nSPS) is 20.3. The zero-order chi connectivity index (χ0) is 18.6. The van der Waals surface area contributed by atoms with Gasteiger partial charge in [-0.1, -0.05) is 42.5 Å². The lowest BCUT2D eigenvalue weighted by Crippen LogP contribution is -2.53. The van der Waals surface area contributed by atoms with E-state index in [1.54, 1.807) is 7.11 Å². The summed E-state index contributed by atoms with van der Waals surface area (Å²) in [6.45, 7) is 3.17. The first-order valence-electron chi connectivity index (χ1n) is 9.71. The van der Waals surface area contributed by atoms with Crippen molar-refractivity contribution in [3.8, 4) is 5.75 Å². The number of urea groups is 1. The van der Waals surface area contributed by atoms with E-state index in [4.69, 9.17) is 4.74 Å². The highest BCUT2D eigenvalue weighted by Gasteiger charge is 2.37. The molecule has 5 nitrogen and oxygen atoms in total. The van der Waals surface area contributed by atoms with Crippen molar-refractivity contribution in [1.29, 1.82) is 0 Å². The van der Waals surface area contributed by atoms with E-state index < -0.39 is 0 Å². The van der Waals surface area contributed by atoms with E-state index in [1.165, 1.54) is 18.4 Å². The van der Waals surface area contributed by atoms with Gasteiger partial charge in [0.15, 0.2) is 0 Å². The van der Waals surface area contributed by atoms with E-state index >= 15 is 0 Å². The third-order valence-electron chi connectivity index (χ3n) is 5.52. The molecule has 2 amide bonds. The molecular weight excluding hydrogens is 338 g/mol. The Morgan fingerprint density at radius 3 is 2.48 bits per heavy atom. The first kappa shape index (κ1) is 17.9. The minimum Gasteiger partial charge on any atom is -0.497 e. The second-order valence-electron chi connectivity index (χ2n) is 7.35. The minimum atomic E-state index is 0.00937. The third kappa shape index (κ3) is 4.25. The minimum absolute atomic E-state index is 0.00937. The molecule has 2 aromatic carbocycles. The number of benzene rings is 2. The molecular formula is C22H27N3O2. The molecule has 142 valence electrons. The predicted molar refractivity (Wildman–Crippen MR) is 106 cm³/mol. The number of hydrogen-bond donors (Lipinski definition) is 1. The molecule has 4 rings (SSSR count). The molecule has 1 aliphatic heterocycles. The van der Waals surface area contributed by atoms with Gasteiger partial charge in [-0.2, -0.15) is 0 Å². The molecule has 0 aromatic heterocycles. The van der Waals surface area contributed by atoms with E-state index in [0.717, 1.165) is 37.0 Å². The summed E-state index contributed by atoms with van der Waals surface area (Å²) in [5, 5.41) is 3.09. The number of rotatable bonds is 5. The molecule has 1 atom stereocenters. The molecule has 1 aliphatic carbocycles. The SMILES string of the molecule is COc1ccc(CNC(=O)N2CCN(C3CC3)CC2c2ccccc2)cc1. The molecule has 1 saturated heterocycles. The van der Waals surface area contributed by atoms with E-state index in [1.807, 2.05) is 35.2 Å². The number of nitrogens with one attached hydrogen (secondary N) is 1. The maximum atomic E-state index is 12.9. The lowest BCUT2D eigenvalue weighted by atomic mass is 10.0. The van der Waals surface area contributed by atoms with Gasteiger partial charge in [-0.3, -0.25) is 4.90 Å². The topological polar surface area (TPSA) is 44.8 Å². The van der Waals surface area contributed by atoms with Gasteiger partial charge >= 0.3 is 6.03 Å². The number of methoxy groups -OCH3 is 1. The fourth-order valence-corrected chi connectivity index (χ4v) is 3.80. The zero-order valence-corrected chi connectivity index (χ0v) is 15.8. The Hall–Kier alpha value is -2.53. The van der Waals surface area contributed by atoms with Crippen molar-refractivity contribution < 1.29 is 9.53 Å². The molecule has 27 heavy (non-hydrogen) atoms.